The molecule has 0 fully saturated rings. The summed E-state index contributed by atoms with van der Waals surface area (Å²) in [5.41, 5.74) is 2.54. The molecule has 0 spiro atoms. The van der Waals surface area contributed by atoms with E-state index in [1.807, 2.05) is 54.8 Å². The molecule has 6 heteroatoms. The molecule has 5 nitrogen and oxygen atoms in total. The van der Waals surface area contributed by atoms with E-state index >= 15 is 0 Å². The fourth-order valence-electron chi connectivity index (χ4n) is 2.25. The van der Waals surface area contributed by atoms with Crippen molar-refractivity contribution in [1.29, 1.82) is 0 Å². The molecule has 0 aliphatic carbocycles. The first-order valence-electron chi connectivity index (χ1n) is 8.64. The molecule has 0 aliphatic rings. The number of aromatic nitrogens is 2. The average Bonchev–Trinajstić information content (AvgIpc) is 3.19. The summed E-state index contributed by atoms with van der Waals surface area (Å²) in [5.74, 6) is 0.354. The van der Waals surface area contributed by atoms with Gasteiger partial charge in [-0.05, 0) is 42.3 Å². The highest BCUT2D eigenvalue weighted by Crippen LogP contribution is 2.15. The van der Waals surface area contributed by atoms with E-state index in [1.165, 1.54) is 6.08 Å². The van der Waals surface area contributed by atoms with Crippen LogP contribution in [-0.2, 0) is 29.2 Å². The number of hydrogen-bond acceptors (Lipinski definition) is 6. The van der Waals surface area contributed by atoms with E-state index in [2.05, 4.69) is 9.97 Å². The van der Waals surface area contributed by atoms with Crippen LogP contribution in [0.25, 0.3) is 6.08 Å². The molecule has 0 aliphatic heterocycles. The third-order valence-electron chi connectivity index (χ3n) is 3.67. The van der Waals surface area contributed by atoms with E-state index < -0.39 is 5.97 Å². The van der Waals surface area contributed by atoms with Crippen molar-refractivity contribution in [3.8, 4) is 5.75 Å². The second-order valence-corrected chi connectivity index (χ2v) is 6.65. The lowest BCUT2D eigenvalue weighted by Crippen LogP contribution is -2.01. The first-order chi connectivity index (χ1) is 13.2. The predicted molar refractivity (Wildman–Crippen MR) is 105 cm³/mol. The average molecular weight is 380 g/mol. The van der Waals surface area contributed by atoms with Crippen molar-refractivity contribution < 1.29 is 14.3 Å². The zero-order valence-electron chi connectivity index (χ0n) is 15.0. The smallest absolute Gasteiger partial charge is 0.331 e. The number of hydrogen-bond donors (Lipinski definition) is 0. The van der Waals surface area contributed by atoms with Crippen molar-refractivity contribution in [2.24, 2.45) is 0 Å². The summed E-state index contributed by atoms with van der Waals surface area (Å²) in [6.07, 6.45) is 5.75. The number of nitrogens with zero attached hydrogens (tertiary/aromatic N) is 2. The molecule has 0 bridgehead atoms. The molecule has 3 rings (SSSR count). The van der Waals surface area contributed by atoms with Crippen LogP contribution in [0.5, 0.6) is 5.75 Å². The number of ether oxygens (including phenoxy) is 2. The molecular formula is C21H20N2O3S. The van der Waals surface area contributed by atoms with Gasteiger partial charge in [0, 0.05) is 17.7 Å². The van der Waals surface area contributed by atoms with Gasteiger partial charge in [0.15, 0.2) is 0 Å². The monoisotopic (exact) mass is 380 g/mol. The summed E-state index contributed by atoms with van der Waals surface area (Å²) < 4.78 is 10.9. The first-order valence-corrected chi connectivity index (χ1v) is 9.52. The molecule has 0 saturated carbocycles. The summed E-state index contributed by atoms with van der Waals surface area (Å²) in [5, 5.41) is 2.96. The summed E-state index contributed by atoms with van der Waals surface area (Å²) in [6, 6.07) is 13.2. The largest absolute Gasteiger partial charge is 0.487 e. The minimum atomic E-state index is -0.392. The maximum absolute atomic E-state index is 11.8. The zero-order chi connectivity index (χ0) is 18.9. The topological polar surface area (TPSA) is 61.3 Å². The molecule has 0 saturated heterocycles. The van der Waals surface area contributed by atoms with Gasteiger partial charge in [-0.25, -0.2) is 9.78 Å². The second-order valence-electron chi connectivity index (χ2n) is 5.71. The number of thiazole rings is 1. The van der Waals surface area contributed by atoms with Crippen LogP contribution < -0.4 is 4.74 Å². The molecule has 0 unspecified atom stereocenters. The highest BCUT2D eigenvalue weighted by molar-refractivity contribution is 7.09. The molecule has 27 heavy (non-hydrogen) atoms. The van der Waals surface area contributed by atoms with Crippen LogP contribution in [0.3, 0.4) is 0 Å². The summed E-state index contributed by atoms with van der Waals surface area (Å²) in [7, 11) is 0. The Balaban J connectivity index is 1.46. The van der Waals surface area contributed by atoms with Gasteiger partial charge in [-0.3, -0.25) is 4.98 Å². The fraction of sp³-hybridized carbons (Fsp3) is 0.190. The van der Waals surface area contributed by atoms with Crippen LogP contribution in [-0.4, -0.2) is 15.9 Å². The van der Waals surface area contributed by atoms with Crippen molar-refractivity contribution in [2.75, 3.05) is 0 Å². The van der Waals surface area contributed by atoms with E-state index in [0.29, 0.717) is 6.61 Å². The van der Waals surface area contributed by atoms with Crippen LogP contribution >= 0.6 is 11.3 Å². The first kappa shape index (κ1) is 18.8. The lowest BCUT2D eigenvalue weighted by atomic mass is 10.2. The predicted octanol–water partition coefficient (Wildman–Crippen LogP) is 4.44. The SMILES string of the molecule is CCc1nc(COC(=O)C=Cc2ccc(OCc3ccccn3)cc2)cs1. The van der Waals surface area contributed by atoms with E-state index in [1.54, 1.807) is 23.6 Å². The number of rotatable bonds is 8. The van der Waals surface area contributed by atoms with Crippen molar-refractivity contribution in [3.63, 3.8) is 0 Å². The van der Waals surface area contributed by atoms with Gasteiger partial charge in [0.2, 0.25) is 0 Å². The summed E-state index contributed by atoms with van der Waals surface area (Å²) in [4.78, 5) is 20.4. The molecule has 2 heterocycles. The molecule has 0 amide bonds. The minimum absolute atomic E-state index is 0.194. The maximum Gasteiger partial charge on any atom is 0.331 e. The molecule has 1 aromatic carbocycles. The van der Waals surface area contributed by atoms with Gasteiger partial charge < -0.3 is 9.47 Å². The van der Waals surface area contributed by atoms with E-state index in [-0.39, 0.29) is 6.61 Å². The van der Waals surface area contributed by atoms with Gasteiger partial charge in [0.1, 0.15) is 19.0 Å². The Hall–Kier alpha value is -2.99. The standard InChI is InChI=1S/C21H20N2O3S/c1-2-20-23-18(15-27-20)14-26-21(24)11-8-16-6-9-19(10-7-16)25-13-17-5-3-4-12-22-17/h3-12,15H,2,13-14H2,1H3. The molecule has 0 radical (unpaired) electrons. The lowest BCUT2D eigenvalue weighted by molar-refractivity contribution is -0.139. The van der Waals surface area contributed by atoms with E-state index in [0.717, 1.165) is 34.1 Å². The van der Waals surface area contributed by atoms with Crippen molar-refractivity contribution in [2.45, 2.75) is 26.6 Å². The lowest BCUT2D eigenvalue weighted by Gasteiger charge is -2.05. The highest BCUT2D eigenvalue weighted by Gasteiger charge is 2.03. The summed E-state index contributed by atoms with van der Waals surface area (Å²) >= 11 is 1.58. The Kier molecular flexibility index (Phi) is 6.71. The van der Waals surface area contributed by atoms with E-state index in [9.17, 15) is 4.79 Å². The van der Waals surface area contributed by atoms with E-state index in [4.69, 9.17) is 9.47 Å². The van der Waals surface area contributed by atoms with Gasteiger partial charge in [0.25, 0.3) is 0 Å². The van der Waals surface area contributed by atoms with Gasteiger partial charge in [-0.15, -0.1) is 11.3 Å². The van der Waals surface area contributed by atoms with Crippen LogP contribution in [0.2, 0.25) is 0 Å². The van der Waals surface area contributed by atoms with Gasteiger partial charge in [0.05, 0.1) is 16.4 Å². The second kappa shape index (κ2) is 9.64. The Labute approximate surface area is 162 Å². The van der Waals surface area contributed by atoms with Gasteiger partial charge in [-0.2, -0.15) is 0 Å². The molecule has 0 atom stereocenters. The molecule has 3 aromatic rings. The molecule has 2 aromatic heterocycles. The van der Waals surface area contributed by atoms with Crippen LogP contribution in [0.15, 0.2) is 60.1 Å². The third kappa shape index (κ3) is 6.04. The quantitative estimate of drug-likeness (QED) is 0.427. The fourth-order valence-corrected chi connectivity index (χ4v) is 2.98. The number of carbonyl (C=O) groups is 1. The number of carbonyl (C=O) groups excluding carboxylic acids is 1. The van der Waals surface area contributed by atoms with Crippen LogP contribution in [0.1, 0.15) is 28.9 Å². The Morgan fingerprint density at radius 1 is 1.11 bits per heavy atom. The van der Waals surface area contributed by atoms with Crippen LogP contribution in [0, 0.1) is 0 Å². The third-order valence-corrected chi connectivity index (χ3v) is 4.71. The summed E-state index contributed by atoms with van der Waals surface area (Å²) in [6.45, 7) is 2.66. The van der Waals surface area contributed by atoms with Crippen molar-refractivity contribution in [1.82, 2.24) is 9.97 Å². The number of pyridine rings is 1. The Bertz CT molecular complexity index is 889. The molecular weight excluding hydrogens is 360 g/mol. The number of aryl methyl sites for hydroxylation is 1. The van der Waals surface area contributed by atoms with Crippen molar-refractivity contribution in [3.05, 3.63) is 82.1 Å². The molecule has 0 N–H and O–H groups in total. The van der Waals surface area contributed by atoms with Gasteiger partial charge >= 0.3 is 5.97 Å². The molecule has 138 valence electrons. The maximum atomic E-state index is 11.8. The van der Waals surface area contributed by atoms with Gasteiger partial charge in [-0.1, -0.05) is 25.1 Å². The highest BCUT2D eigenvalue weighted by atomic mass is 32.1. The zero-order valence-corrected chi connectivity index (χ0v) is 15.8. The normalized spacial score (nSPS) is 10.9. The van der Waals surface area contributed by atoms with Crippen molar-refractivity contribution >= 4 is 23.4 Å². The number of esters is 1. The number of benzene rings is 1. The minimum Gasteiger partial charge on any atom is -0.487 e. The Morgan fingerprint density at radius 3 is 2.67 bits per heavy atom. The Morgan fingerprint density at radius 2 is 1.96 bits per heavy atom. The van der Waals surface area contributed by atoms with Crippen LogP contribution in [0.4, 0.5) is 0 Å².